The number of hydrogen-bond donors (Lipinski definition) is 0. The van der Waals surface area contributed by atoms with Crippen molar-refractivity contribution in [3.63, 3.8) is 0 Å². The molecule has 0 aromatic carbocycles. The van der Waals surface area contributed by atoms with Gasteiger partial charge >= 0.3 is 0 Å². The summed E-state index contributed by atoms with van der Waals surface area (Å²) in [6.07, 6.45) is 17.1. The van der Waals surface area contributed by atoms with E-state index in [2.05, 4.69) is 75.0 Å². The van der Waals surface area contributed by atoms with E-state index < -0.39 is 0 Å². The summed E-state index contributed by atoms with van der Waals surface area (Å²) in [5.41, 5.74) is 4.70. The molecule has 88 valence electrons. The zero-order valence-electron chi connectivity index (χ0n) is 9.50. The second-order valence-electron chi connectivity index (χ2n) is 4.67. The Hall–Kier alpha value is -0.0900. The standard InChI is InChI=1S/C15H14BrI/c16-13-9-11(17)7-8-12-14(15(12)13)10-5-3-1-2-4-6-10/h1-3,5-6,9,11,14H,4,7-8H2. The lowest BCUT2D eigenvalue weighted by Gasteiger charge is -2.08. The summed E-state index contributed by atoms with van der Waals surface area (Å²) in [6, 6.07) is 0. The molecule has 0 aliphatic heterocycles. The van der Waals surface area contributed by atoms with Crippen LogP contribution in [0.25, 0.3) is 0 Å². The van der Waals surface area contributed by atoms with Gasteiger partial charge in [-0.15, -0.1) is 0 Å². The van der Waals surface area contributed by atoms with Crippen LogP contribution >= 0.6 is 38.5 Å². The average Bonchev–Trinajstić information content (AvgIpc) is 3.05. The van der Waals surface area contributed by atoms with Gasteiger partial charge in [-0.25, -0.2) is 0 Å². The predicted octanol–water partition coefficient (Wildman–Crippen LogP) is 5.23. The van der Waals surface area contributed by atoms with E-state index in [-0.39, 0.29) is 0 Å². The van der Waals surface area contributed by atoms with Crippen molar-refractivity contribution >= 4 is 38.5 Å². The lowest BCUT2D eigenvalue weighted by molar-refractivity contribution is 0.845. The fourth-order valence-corrected chi connectivity index (χ4v) is 4.61. The predicted molar refractivity (Wildman–Crippen MR) is 85.5 cm³/mol. The van der Waals surface area contributed by atoms with E-state index in [0.29, 0.717) is 9.84 Å². The first-order valence-corrected chi connectivity index (χ1v) is 8.09. The molecule has 3 aliphatic rings. The molecule has 3 aliphatic carbocycles. The number of allylic oxidation sites excluding steroid dienone is 10. The van der Waals surface area contributed by atoms with Crippen LogP contribution in [0.3, 0.4) is 0 Å². The Morgan fingerprint density at radius 3 is 3.06 bits per heavy atom. The van der Waals surface area contributed by atoms with Gasteiger partial charge in [0.2, 0.25) is 0 Å². The molecule has 0 fully saturated rings. The minimum absolute atomic E-state index is 0.612. The third-order valence-corrected chi connectivity index (χ3v) is 5.21. The molecule has 0 aromatic rings. The summed E-state index contributed by atoms with van der Waals surface area (Å²) in [5, 5.41) is 0. The number of hydrogen-bond acceptors (Lipinski definition) is 0. The van der Waals surface area contributed by atoms with Crippen LogP contribution in [0, 0.1) is 5.92 Å². The second kappa shape index (κ2) is 4.88. The van der Waals surface area contributed by atoms with Gasteiger partial charge in [-0.05, 0) is 30.4 Å². The van der Waals surface area contributed by atoms with Gasteiger partial charge in [-0.1, -0.05) is 80.6 Å². The van der Waals surface area contributed by atoms with Crippen LogP contribution in [0.15, 0.2) is 57.7 Å². The third kappa shape index (κ3) is 2.39. The van der Waals surface area contributed by atoms with Crippen LogP contribution in [0.4, 0.5) is 0 Å². The lowest BCUT2D eigenvalue weighted by Crippen LogP contribution is -1.97. The minimum atomic E-state index is 0.612. The first-order chi connectivity index (χ1) is 8.27. The summed E-state index contributed by atoms with van der Waals surface area (Å²) >= 11 is 6.27. The Bertz CT molecular complexity index is 491. The van der Waals surface area contributed by atoms with Crippen LogP contribution in [-0.4, -0.2) is 3.92 Å². The molecule has 2 heteroatoms. The fraction of sp³-hybridized carbons (Fsp3) is 0.333. The molecule has 0 nitrogen and oxygen atoms in total. The molecule has 2 unspecified atom stereocenters. The van der Waals surface area contributed by atoms with Gasteiger partial charge in [0.1, 0.15) is 0 Å². The highest BCUT2D eigenvalue weighted by Crippen LogP contribution is 2.55. The normalized spacial score (nSPS) is 31.4. The second-order valence-corrected chi connectivity index (χ2v) is 7.12. The molecule has 3 rings (SSSR count). The van der Waals surface area contributed by atoms with Gasteiger partial charge < -0.3 is 0 Å². The van der Waals surface area contributed by atoms with E-state index in [1.165, 1.54) is 22.9 Å². The summed E-state index contributed by atoms with van der Waals surface area (Å²) in [4.78, 5) is 0. The Morgan fingerprint density at radius 1 is 1.29 bits per heavy atom. The highest BCUT2D eigenvalue weighted by molar-refractivity contribution is 14.1. The molecule has 0 saturated heterocycles. The third-order valence-electron chi connectivity index (χ3n) is 3.53. The van der Waals surface area contributed by atoms with Gasteiger partial charge in [0.05, 0.1) is 0 Å². The van der Waals surface area contributed by atoms with E-state index in [1.54, 1.807) is 11.1 Å². The summed E-state index contributed by atoms with van der Waals surface area (Å²) in [7, 11) is 0. The Kier molecular flexibility index (Phi) is 3.44. The van der Waals surface area contributed by atoms with Crippen molar-refractivity contribution in [1.82, 2.24) is 0 Å². The molecule has 0 aromatic heterocycles. The van der Waals surface area contributed by atoms with Gasteiger partial charge in [-0.3, -0.25) is 0 Å². The largest absolute Gasteiger partial charge is 0.0807 e. The van der Waals surface area contributed by atoms with E-state index in [0.717, 1.165) is 6.42 Å². The van der Waals surface area contributed by atoms with Gasteiger partial charge in [-0.2, -0.15) is 0 Å². The zero-order chi connectivity index (χ0) is 11.8. The summed E-state index contributed by atoms with van der Waals surface area (Å²) < 4.78 is 2.01. The Labute approximate surface area is 125 Å². The molecule has 0 saturated carbocycles. The van der Waals surface area contributed by atoms with Crippen molar-refractivity contribution in [3.05, 3.63) is 57.7 Å². The molecule has 0 bridgehead atoms. The zero-order valence-corrected chi connectivity index (χ0v) is 13.2. The SMILES string of the molecule is BrC1=CC(I)CCC2=C1C2C1=CCC=CC=C1. The number of halogens is 2. The van der Waals surface area contributed by atoms with Crippen LogP contribution in [0.5, 0.6) is 0 Å². The van der Waals surface area contributed by atoms with Gasteiger partial charge in [0.25, 0.3) is 0 Å². The van der Waals surface area contributed by atoms with E-state index in [9.17, 15) is 0 Å². The van der Waals surface area contributed by atoms with E-state index in [1.807, 2.05) is 0 Å². The molecule has 0 spiro atoms. The van der Waals surface area contributed by atoms with Crippen LogP contribution in [-0.2, 0) is 0 Å². The molecule has 0 amide bonds. The monoisotopic (exact) mass is 400 g/mol. The van der Waals surface area contributed by atoms with Crippen molar-refractivity contribution in [2.24, 2.45) is 5.92 Å². The summed E-state index contributed by atoms with van der Waals surface area (Å²) in [5.74, 6) is 0.612. The average molecular weight is 401 g/mol. The quantitative estimate of drug-likeness (QED) is 0.417. The molecule has 0 N–H and O–H groups in total. The Morgan fingerprint density at radius 2 is 2.18 bits per heavy atom. The highest BCUT2D eigenvalue weighted by Gasteiger charge is 2.40. The van der Waals surface area contributed by atoms with Gasteiger partial charge in [0, 0.05) is 14.3 Å². The van der Waals surface area contributed by atoms with Crippen molar-refractivity contribution in [1.29, 1.82) is 0 Å². The molecular weight excluding hydrogens is 387 g/mol. The highest BCUT2D eigenvalue weighted by atomic mass is 127. The maximum atomic E-state index is 3.74. The van der Waals surface area contributed by atoms with Crippen LogP contribution < -0.4 is 0 Å². The van der Waals surface area contributed by atoms with E-state index in [4.69, 9.17) is 0 Å². The van der Waals surface area contributed by atoms with Gasteiger partial charge in [0.15, 0.2) is 0 Å². The van der Waals surface area contributed by atoms with Crippen LogP contribution in [0.1, 0.15) is 19.3 Å². The minimum Gasteiger partial charge on any atom is -0.0807 e. The smallest absolute Gasteiger partial charge is 0.0313 e. The number of alkyl halides is 1. The molecular formula is C15H14BrI. The maximum Gasteiger partial charge on any atom is 0.0313 e. The van der Waals surface area contributed by atoms with Crippen molar-refractivity contribution in [2.45, 2.75) is 23.2 Å². The molecule has 17 heavy (non-hydrogen) atoms. The summed E-state index contributed by atoms with van der Waals surface area (Å²) in [6.45, 7) is 0. The number of rotatable bonds is 1. The lowest BCUT2D eigenvalue weighted by atomic mass is 10.0. The maximum absolute atomic E-state index is 3.74. The first kappa shape index (κ1) is 12.0. The topological polar surface area (TPSA) is 0 Å². The Balaban J connectivity index is 1.83. The van der Waals surface area contributed by atoms with Crippen LogP contribution in [0.2, 0.25) is 0 Å². The molecule has 2 atom stereocenters. The van der Waals surface area contributed by atoms with Crippen molar-refractivity contribution in [2.75, 3.05) is 0 Å². The van der Waals surface area contributed by atoms with E-state index >= 15 is 0 Å². The van der Waals surface area contributed by atoms with Crippen molar-refractivity contribution < 1.29 is 0 Å². The molecule has 0 heterocycles. The fourth-order valence-electron chi connectivity index (χ4n) is 2.64. The first-order valence-electron chi connectivity index (χ1n) is 6.05. The van der Waals surface area contributed by atoms with Crippen molar-refractivity contribution in [3.8, 4) is 0 Å². The molecule has 0 radical (unpaired) electrons.